The maximum atomic E-state index is 13.9. The number of allylic oxidation sites excluding steroid dienone is 4. The molecule has 0 spiro atoms. The van der Waals surface area contributed by atoms with Gasteiger partial charge in [0.15, 0.2) is 0 Å². The Kier molecular flexibility index (Phi) is 4.73. The van der Waals surface area contributed by atoms with Crippen LogP contribution < -0.4 is 0 Å². The van der Waals surface area contributed by atoms with E-state index in [2.05, 4.69) is 4.98 Å². The van der Waals surface area contributed by atoms with Gasteiger partial charge in [0.1, 0.15) is 11.6 Å². The topological polar surface area (TPSA) is 12.9 Å². The van der Waals surface area contributed by atoms with E-state index in [1.54, 1.807) is 6.92 Å². The first-order valence-electron chi connectivity index (χ1n) is 6.77. The highest BCUT2D eigenvalue weighted by Gasteiger charge is 2.16. The van der Waals surface area contributed by atoms with Crippen LogP contribution in [-0.4, -0.2) is 4.98 Å². The van der Waals surface area contributed by atoms with Gasteiger partial charge >= 0.3 is 0 Å². The molecule has 0 radical (unpaired) electrons. The SMILES string of the molecule is CC=CC(=CCC)c1nc2cc(F)cc(F)c2c(Cl)c1C. The maximum absolute atomic E-state index is 13.9. The number of rotatable bonds is 3. The lowest BCUT2D eigenvalue weighted by molar-refractivity contribution is 0.591. The van der Waals surface area contributed by atoms with Crippen molar-refractivity contribution >= 4 is 28.1 Å². The largest absolute Gasteiger partial charge is 0.247 e. The minimum absolute atomic E-state index is 0.163. The number of hydrogen-bond donors (Lipinski definition) is 0. The summed E-state index contributed by atoms with van der Waals surface area (Å²) in [6, 6.07) is 2.02. The summed E-state index contributed by atoms with van der Waals surface area (Å²) in [5.41, 5.74) is 2.46. The Balaban J connectivity index is 2.83. The maximum Gasteiger partial charge on any atom is 0.137 e. The van der Waals surface area contributed by atoms with Crippen molar-refractivity contribution in [3.63, 3.8) is 0 Å². The molecule has 0 N–H and O–H groups in total. The molecule has 0 aliphatic rings. The van der Waals surface area contributed by atoms with E-state index in [0.717, 1.165) is 18.1 Å². The number of hydrogen-bond acceptors (Lipinski definition) is 1. The average Bonchev–Trinajstić information content (AvgIpc) is 2.42. The molecule has 0 unspecified atom stereocenters. The monoisotopic (exact) mass is 307 g/mol. The van der Waals surface area contributed by atoms with Crippen LogP contribution in [0.3, 0.4) is 0 Å². The van der Waals surface area contributed by atoms with E-state index in [1.807, 2.05) is 32.1 Å². The molecule has 0 aliphatic heterocycles. The van der Waals surface area contributed by atoms with Crippen molar-refractivity contribution in [2.75, 3.05) is 0 Å². The van der Waals surface area contributed by atoms with E-state index in [1.165, 1.54) is 6.07 Å². The predicted molar refractivity (Wildman–Crippen MR) is 84.5 cm³/mol. The minimum atomic E-state index is -0.691. The van der Waals surface area contributed by atoms with E-state index in [4.69, 9.17) is 11.6 Å². The molecule has 0 aliphatic carbocycles. The Bertz CT molecular complexity index is 748. The molecule has 2 aromatic rings. The Hall–Kier alpha value is -1.74. The lowest BCUT2D eigenvalue weighted by Crippen LogP contribution is -1.98. The van der Waals surface area contributed by atoms with Crippen molar-refractivity contribution in [2.24, 2.45) is 0 Å². The molecule has 2 rings (SSSR count). The molecule has 0 saturated carbocycles. The Morgan fingerprint density at radius 3 is 2.67 bits per heavy atom. The highest BCUT2D eigenvalue weighted by atomic mass is 35.5. The summed E-state index contributed by atoms with van der Waals surface area (Å²) in [7, 11) is 0. The standard InChI is InChI=1S/C17H16ClF2N/c1-4-6-11(7-5-2)17-10(3)16(18)15-13(20)8-12(19)9-14(15)21-17/h4,6-9H,5H2,1-3H3. The first-order chi connectivity index (χ1) is 9.99. The summed E-state index contributed by atoms with van der Waals surface area (Å²) in [6.45, 7) is 5.71. The summed E-state index contributed by atoms with van der Waals surface area (Å²) < 4.78 is 27.3. The summed E-state index contributed by atoms with van der Waals surface area (Å²) in [4.78, 5) is 4.41. The van der Waals surface area contributed by atoms with Crippen molar-refractivity contribution in [2.45, 2.75) is 27.2 Å². The lowest BCUT2D eigenvalue weighted by Gasteiger charge is -2.12. The van der Waals surface area contributed by atoms with E-state index < -0.39 is 11.6 Å². The zero-order chi connectivity index (χ0) is 15.6. The van der Waals surface area contributed by atoms with Crippen LogP contribution in [-0.2, 0) is 0 Å². The van der Waals surface area contributed by atoms with Gasteiger partial charge in [0.25, 0.3) is 0 Å². The summed E-state index contributed by atoms with van der Waals surface area (Å²) in [6.07, 6.45) is 6.64. The fourth-order valence-corrected chi connectivity index (χ4v) is 2.56. The first kappa shape index (κ1) is 15.6. The van der Waals surface area contributed by atoms with Crippen LogP contribution in [0.1, 0.15) is 31.5 Å². The molecule has 1 nitrogen and oxygen atoms in total. The summed E-state index contributed by atoms with van der Waals surface area (Å²) >= 11 is 6.28. The molecule has 110 valence electrons. The fourth-order valence-electron chi connectivity index (χ4n) is 2.29. The van der Waals surface area contributed by atoms with Gasteiger partial charge in [0.2, 0.25) is 0 Å². The second-order valence-corrected chi connectivity index (χ2v) is 5.13. The van der Waals surface area contributed by atoms with Gasteiger partial charge in [0.05, 0.1) is 21.6 Å². The molecular formula is C17H16ClF2N. The zero-order valence-electron chi connectivity index (χ0n) is 12.2. The fraction of sp³-hybridized carbons (Fsp3) is 0.235. The van der Waals surface area contributed by atoms with Crippen molar-refractivity contribution in [1.82, 2.24) is 4.98 Å². The number of aromatic nitrogens is 1. The van der Waals surface area contributed by atoms with Gasteiger partial charge in [0, 0.05) is 12.1 Å². The van der Waals surface area contributed by atoms with E-state index >= 15 is 0 Å². The van der Waals surface area contributed by atoms with Crippen LogP contribution in [0.15, 0.2) is 30.4 Å². The van der Waals surface area contributed by atoms with Crippen LogP contribution in [0.5, 0.6) is 0 Å². The second kappa shape index (κ2) is 6.35. The molecule has 0 fully saturated rings. The number of halogens is 3. The van der Waals surface area contributed by atoms with E-state index in [9.17, 15) is 8.78 Å². The Morgan fingerprint density at radius 2 is 2.05 bits per heavy atom. The number of pyridine rings is 1. The molecule has 0 saturated heterocycles. The third-order valence-electron chi connectivity index (χ3n) is 3.21. The van der Waals surface area contributed by atoms with Gasteiger partial charge < -0.3 is 0 Å². The van der Waals surface area contributed by atoms with Gasteiger partial charge in [-0.1, -0.05) is 36.8 Å². The third kappa shape index (κ3) is 2.98. The molecule has 0 bridgehead atoms. The molecule has 21 heavy (non-hydrogen) atoms. The van der Waals surface area contributed by atoms with E-state index in [0.29, 0.717) is 11.3 Å². The van der Waals surface area contributed by atoms with Gasteiger partial charge in [-0.15, -0.1) is 0 Å². The van der Waals surface area contributed by atoms with Gasteiger partial charge in [-0.2, -0.15) is 0 Å². The highest BCUT2D eigenvalue weighted by Crippen LogP contribution is 2.33. The third-order valence-corrected chi connectivity index (χ3v) is 3.69. The van der Waals surface area contributed by atoms with Gasteiger partial charge in [-0.3, -0.25) is 0 Å². The predicted octanol–water partition coefficient (Wildman–Crippen LogP) is 5.84. The quantitative estimate of drug-likeness (QED) is 0.649. The lowest BCUT2D eigenvalue weighted by atomic mass is 10.0. The molecule has 0 atom stereocenters. The zero-order valence-corrected chi connectivity index (χ0v) is 12.9. The van der Waals surface area contributed by atoms with Crippen LogP contribution in [0.2, 0.25) is 5.02 Å². The van der Waals surface area contributed by atoms with Crippen molar-refractivity contribution < 1.29 is 8.78 Å². The second-order valence-electron chi connectivity index (χ2n) is 4.75. The number of nitrogens with zero attached hydrogens (tertiary/aromatic N) is 1. The minimum Gasteiger partial charge on any atom is -0.247 e. The molecule has 0 amide bonds. The van der Waals surface area contributed by atoms with Crippen LogP contribution >= 0.6 is 11.6 Å². The van der Waals surface area contributed by atoms with Crippen LogP contribution in [0.4, 0.5) is 8.78 Å². The molecule has 1 heterocycles. The molecule has 4 heteroatoms. The van der Waals surface area contributed by atoms with Crippen molar-refractivity contribution in [1.29, 1.82) is 0 Å². The Labute approximate surface area is 128 Å². The van der Waals surface area contributed by atoms with Crippen molar-refractivity contribution in [3.05, 3.63) is 58.3 Å². The normalized spacial score (nSPS) is 12.6. The molecule has 1 aromatic heterocycles. The summed E-state index contributed by atoms with van der Waals surface area (Å²) in [5.74, 6) is -1.35. The van der Waals surface area contributed by atoms with E-state index in [-0.39, 0.29) is 15.9 Å². The smallest absolute Gasteiger partial charge is 0.137 e. The molecule has 1 aromatic carbocycles. The number of fused-ring (bicyclic) bond motifs is 1. The van der Waals surface area contributed by atoms with Crippen LogP contribution in [0, 0.1) is 18.6 Å². The highest BCUT2D eigenvalue weighted by molar-refractivity contribution is 6.36. The van der Waals surface area contributed by atoms with Gasteiger partial charge in [-0.25, -0.2) is 13.8 Å². The number of benzene rings is 1. The van der Waals surface area contributed by atoms with Gasteiger partial charge in [-0.05, 0) is 31.4 Å². The van der Waals surface area contributed by atoms with Crippen LogP contribution in [0.25, 0.3) is 16.5 Å². The summed E-state index contributed by atoms with van der Waals surface area (Å²) in [5, 5.41) is 0.439. The average molecular weight is 308 g/mol. The van der Waals surface area contributed by atoms with Crippen molar-refractivity contribution in [3.8, 4) is 0 Å². The Morgan fingerprint density at radius 1 is 1.33 bits per heavy atom. The molecular weight excluding hydrogens is 292 g/mol. The first-order valence-corrected chi connectivity index (χ1v) is 7.15.